The molecule has 20 heavy (non-hydrogen) atoms. The quantitative estimate of drug-likeness (QED) is 0.687. The number of rotatable bonds is 8. The average Bonchev–Trinajstić information content (AvgIpc) is 2.37. The maximum atomic E-state index is 12.0. The van der Waals surface area contributed by atoms with E-state index in [0.29, 0.717) is 26.1 Å². The van der Waals surface area contributed by atoms with Crippen LogP contribution in [0.2, 0.25) is 0 Å². The topological polar surface area (TPSA) is 98.5 Å². The molecule has 0 radical (unpaired) electrons. The summed E-state index contributed by atoms with van der Waals surface area (Å²) in [5.41, 5.74) is 4.64. The van der Waals surface area contributed by atoms with E-state index in [2.05, 4.69) is 4.72 Å². The van der Waals surface area contributed by atoms with E-state index in [0.717, 1.165) is 12.8 Å². The molecule has 0 aromatic rings. The van der Waals surface area contributed by atoms with E-state index in [1.807, 2.05) is 13.8 Å². The van der Waals surface area contributed by atoms with E-state index in [1.54, 1.807) is 0 Å². The molecule has 1 atom stereocenters. The minimum atomic E-state index is -3.37. The summed E-state index contributed by atoms with van der Waals surface area (Å²) in [6.07, 6.45) is 2.76. The molecule has 1 rings (SSSR count). The number of primary amides is 1. The van der Waals surface area contributed by atoms with Crippen LogP contribution in [0.4, 0.5) is 0 Å². The van der Waals surface area contributed by atoms with Gasteiger partial charge < -0.3 is 10.5 Å². The van der Waals surface area contributed by atoms with Gasteiger partial charge in [-0.3, -0.25) is 4.79 Å². The second-order valence-corrected chi connectivity index (χ2v) is 7.60. The zero-order valence-corrected chi connectivity index (χ0v) is 13.2. The number of amides is 1. The first-order valence-electron chi connectivity index (χ1n) is 7.16. The van der Waals surface area contributed by atoms with Crippen LogP contribution in [0.3, 0.4) is 0 Å². The Bertz CT molecular complexity index is 416. The summed E-state index contributed by atoms with van der Waals surface area (Å²) in [6, 6.07) is 0. The van der Waals surface area contributed by atoms with E-state index in [1.165, 1.54) is 0 Å². The molecule has 0 aliphatic carbocycles. The summed E-state index contributed by atoms with van der Waals surface area (Å²) >= 11 is 0. The Morgan fingerprint density at radius 2 is 2.00 bits per heavy atom. The lowest BCUT2D eigenvalue weighted by atomic mass is 9.80. The van der Waals surface area contributed by atoms with Gasteiger partial charge in [0.2, 0.25) is 15.9 Å². The van der Waals surface area contributed by atoms with Gasteiger partial charge in [0.05, 0.1) is 11.2 Å². The van der Waals surface area contributed by atoms with Crippen molar-refractivity contribution in [3.05, 3.63) is 0 Å². The molecule has 7 heteroatoms. The van der Waals surface area contributed by atoms with Crippen molar-refractivity contribution >= 4 is 15.9 Å². The van der Waals surface area contributed by atoms with Gasteiger partial charge in [-0.25, -0.2) is 13.1 Å². The molecule has 0 aromatic carbocycles. The second-order valence-electron chi connectivity index (χ2n) is 5.75. The van der Waals surface area contributed by atoms with E-state index >= 15 is 0 Å². The Kier molecular flexibility index (Phi) is 6.42. The molecule has 0 aromatic heterocycles. The number of carbonyl (C=O) groups excluding carboxylic acids is 1. The van der Waals surface area contributed by atoms with Gasteiger partial charge in [-0.15, -0.1) is 0 Å². The fraction of sp³-hybridized carbons (Fsp3) is 0.923. The molecule has 1 fully saturated rings. The molecule has 0 bridgehead atoms. The number of carbonyl (C=O) groups is 1. The van der Waals surface area contributed by atoms with Gasteiger partial charge in [0.15, 0.2) is 0 Å². The highest BCUT2D eigenvalue weighted by molar-refractivity contribution is 7.89. The highest BCUT2D eigenvalue weighted by atomic mass is 32.2. The number of sulfonamides is 1. The van der Waals surface area contributed by atoms with Crippen molar-refractivity contribution in [2.45, 2.75) is 39.5 Å². The first-order valence-corrected chi connectivity index (χ1v) is 8.81. The second kappa shape index (κ2) is 7.38. The summed E-state index contributed by atoms with van der Waals surface area (Å²) in [4.78, 5) is 11.6. The van der Waals surface area contributed by atoms with Crippen molar-refractivity contribution in [1.82, 2.24) is 4.72 Å². The highest BCUT2D eigenvalue weighted by Crippen LogP contribution is 2.29. The van der Waals surface area contributed by atoms with Crippen LogP contribution in [0, 0.1) is 11.3 Å². The lowest BCUT2D eigenvalue weighted by Crippen LogP contribution is -2.50. The summed E-state index contributed by atoms with van der Waals surface area (Å²) in [7, 11) is -3.37. The first kappa shape index (κ1) is 17.4. The van der Waals surface area contributed by atoms with Gasteiger partial charge in [-0.2, -0.15) is 0 Å². The van der Waals surface area contributed by atoms with Gasteiger partial charge in [-0.1, -0.05) is 20.3 Å². The Labute approximate surface area is 121 Å². The Morgan fingerprint density at radius 1 is 1.40 bits per heavy atom. The Balaban J connectivity index is 2.60. The summed E-state index contributed by atoms with van der Waals surface area (Å²) in [5, 5.41) is 0. The van der Waals surface area contributed by atoms with Gasteiger partial charge in [-0.05, 0) is 25.2 Å². The number of hydrogen-bond donors (Lipinski definition) is 2. The van der Waals surface area contributed by atoms with E-state index in [9.17, 15) is 13.2 Å². The van der Waals surface area contributed by atoms with Crippen LogP contribution in [0.25, 0.3) is 0 Å². The van der Waals surface area contributed by atoms with Crippen LogP contribution >= 0.6 is 0 Å². The molecule has 1 aliphatic rings. The van der Waals surface area contributed by atoms with Crippen LogP contribution < -0.4 is 10.5 Å². The smallest absolute Gasteiger partial charge is 0.225 e. The van der Waals surface area contributed by atoms with Crippen molar-refractivity contribution in [1.29, 1.82) is 0 Å². The van der Waals surface area contributed by atoms with E-state index in [4.69, 9.17) is 10.5 Å². The lowest BCUT2D eigenvalue weighted by Gasteiger charge is -2.34. The maximum Gasteiger partial charge on any atom is 0.225 e. The molecule has 3 N–H and O–H groups in total. The van der Waals surface area contributed by atoms with Gasteiger partial charge in [0.1, 0.15) is 0 Å². The van der Waals surface area contributed by atoms with Gasteiger partial charge >= 0.3 is 0 Å². The van der Waals surface area contributed by atoms with Crippen LogP contribution in [0.15, 0.2) is 0 Å². The summed E-state index contributed by atoms with van der Waals surface area (Å²) in [6.45, 7) is 4.91. The number of ether oxygens (including phenoxy) is 1. The minimum absolute atomic E-state index is 0.0763. The van der Waals surface area contributed by atoms with E-state index < -0.39 is 21.3 Å². The molecule has 1 saturated heterocycles. The van der Waals surface area contributed by atoms with Crippen LogP contribution in [-0.2, 0) is 19.6 Å². The summed E-state index contributed by atoms with van der Waals surface area (Å²) in [5.74, 6) is -0.256. The third-order valence-electron chi connectivity index (χ3n) is 3.89. The number of nitrogens with one attached hydrogen (secondary N) is 1. The monoisotopic (exact) mass is 306 g/mol. The van der Waals surface area contributed by atoms with E-state index in [-0.39, 0.29) is 18.2 Å². The molecule has 1 unspecified atom stereocenters. The fourth-order valence-electron chi connectivity index (χ4n) is 2.53. The van der Waals surface area contributed by atoms with Crippen LogP contribution in [-0.4, -0.2) is 39.8 Å². The predicted molar refractivity (Wildman–Crippen MR) is 77.5 cm³/mol. The minimum Gasteiger partial charge on any atom is -0.381 e. The molecule has 0 spiro atoms. The summed E-state index contributed by atoms with van der Waals surface area (Å²) < 4.78 is 31.8. The van der Waals surface area contributed by atoms with Crippen LogP contribution in [0.1, 0.15) is 39.5 Å². The van der Waals surface area contributed by atoms with Crippen molar-refractivity contribution in [2.24, 2.45) is 17.1 Å². The molecule has 1 amide bonds. The molecule has 118 valence electrons. The number of nitrogens with two attached hydrogens (primary N) is 1. The molecule has 1 heterocycles. The van der Waals surface area contributed by atoms with Crippen molar-refractivity contribution in [3.8, 4) is 0 Å². The first-order chi connectivity index (χ1) is 9.31. The molecule has 1 aliphatic heterocycles. The fourth-order valence-corrected chi connectivity index (χ4v) is 4.06. The van der Waals surface area contributed by atoms with Crippen molar-refractivity contribution in [3.63, 3.8) is 0 Å². The third-order valence-corrected chi connectivity index (χ3v) is 5.48. The zero-order chi connectivity index (χ0) is 15.2. The molecule has 6 nitrogen and oxygen atoms in total. The van der Waals surface area contributed by atoms with Crippen molar-refractivity contribution < 1.29 is 17.9 Å². The predicted octanol–water partition coefficient (Wildman–Crippen LogP) is 0.624. The van der Waals surface area contributed by atoms with Crippen LogP contribution in [0.5, 0.6) is 0 Å². The largest absolute Gasteiger partial charge is 0.381 e. The van der Waals surface area contributed by atoms with Gasteiger partial charge in [0, 0.05) is 19.8 Å². The lowest BCUT2D eigenvalue weighted by molar-refractivity contribution is -0.132. The number of hydrogen-bond acceptors (Lipinski definition) is 4. The maximum absolute atomic E-state index is 12.0. The Hall–Kier alpha value is -0.660. The highest BCUT2D eigenvalue weighted by Gasteiger charge is 2.39. The Morgan fingerprint density at radius 3 is 2.50 bits per heavy atom. The average molecular weight is 306 g/mol. The SMILES string of the molecule is CCCC(C)CS(=O)(=O)NCC1(C(N)=O)CCOCC1. The third kappa shape index (κ3) is 5.03. The van der Waals surface area contributed by atoms with Gasteiger partial charge in [0.25, 0.3) is 0 Å². The standard InChI is InChI=1S/C13H26N2O4S/c1-3-4-11(2)9-20(17,18)15-10-13(12(14)16)5-7-19-8-6-13/h11,15H,3-10H2,1-2H3,(H2,14,16). The molecular formula is C13H26N2O4S. The molecular weight excluding hydrogens is 280 g/mol. The zero-order valence-electron chi connectivity index (χ0n) is 12.4. The van der Waals surface area contributed by atoms with Crippen molar-refractivity contribution in [2.75, 3.05) is 25.5 Å². The molecule has 0 saturated carbocycles. The normalized spacial score (nSPS) is 20.5.